The third-order valence-corrected chi connectivity index (χ3v) is 9.45. The first-order chi connectivity index (χ1) is 25.5. The van der Waals surface area contributed by atoms with Gasteiger partial charge in [-0.25, -0.2) is 19.2 Å². The molecule has 0 N–H and O–H groups in total. The predicted molar refractivity (Wildman–Crippen MR) is 214 cm³/mol. The molecule has 0 radical (unpaired) electrons. The molecule has 8 nitrogen and oxygen atoms in total. The first-order valence-electron chi connectivity index (χ1n) is 18.6. The van der Waals surface area contributed by atoms with Crippen molar-refractivity contribution in [2.75, 3.05) is 26.4 Å². The molecule has 0 aliphatic carbocycles. The number of carbonyl (C=O) groups excluding carboxylic acids is 4. The van der Waals surface area contributed by atoms with Crippen LogP contribution < -0.4 is 0 Å². The third-order valence-electron chi connectivity index (χ3n) is 9.45. The zero-order valence-electron chi connectivity index (χ0n) is 33.0. The molecule has 0 saturated heterocycles. The van der Waals surface area contributed by atoms with Gasteiger partial charge in [-0.15, -0.1) is 0 Å². The normalized spacial score (nSPS) is 11.7. The molecular formula is C46H50O8. The average molecular weight is 731 g/mol. The van der Waals surface area contributed by atoms with Crippen LogP contribution in [0.15, 0.2) is 72.8 Å². The second-order valence-corrected chi connectivity index (χ2v) is 15.2. The van der Waals surface area contributed by atoms with Crippen molar-refractivity contribution in [3.8, 4) is 22.3 Å². The van der Waals surface area contributed by atoms with E-state index < -0.39 is 23.9 Å². The lowest BCUT2D eigenvalue weighted by Gasteiger charge is -2.25. The van der Waals surface area contributed by atoms with Gasteiger partial charge in [-0.1, -0.05) is 77.9 Å². The maximum absolute atomic E-state index is 13.4. The fourth-order valence-corrected chi connectivity index (χ4v) is 6.71. The number of ether oxygens (including phenoxy) is 4. The molecule has 282 valence electrons. The van der Waals surface area contributed by atoms with Gasteiger partial charge in [-0.3, -0.25) is 0 Å². The monoisotopic (exact) mass is 730 g/mol. The SMILES string of the molecule is CCOC(=O)c1ccc(-c2c3ccc(C(C)(C)C)cc3c(-c3ccc(C(=O)OCC)c(C(=O)OCC)c3)c3ccc(C(C)(C)C)cc23)cc1C(=O)OCC. The lowest BCUT2D eigenvalue weighted by Crippen LogP contribution is -2.14. The first-order valence-corrected chi connectivity index (χ1v) is 18.6. The molecule has 5 aromatic carbocycles. The summed E-state index contributed by atoms with van der Waals surface area (Å²) < 4.78 is 21.5. The Morgan fingerprint density at radius 1 is 0.407 bits per heavy atom. The fraction of sp³-hybridized carbons (Fsp3) is 0.348. The molecular weight excluding hydrogens is 680 g/mol. The van der Waals surface area contributed by atoms with E-state index in [1.165, 1.54) is 0 Å². The Kier molecular flexibility index (Phi) is 11.7. The molecule has 0 spiro atoms. The van der Waals surface area contributed by atoms with Crippen molar-refractivity contribution in [2.45, 2.75) is 80.1 Å². The number of hydrogen-bond donors (Lipinski definition) is 0. The lowest BCUT2D eigenvalue weighted by atomic mass is 9.79. The Morgan fingerprint density at radius 2 is 0.722 bits per heavy atom. The summed E-state index contributed by atoms with van der Waals surface area (Å²) in [5.74, 6) is -2.45. The van der Waals surface area contributed by atoms with Crippen molar-refractivity contribution in [3.63, 3.8) is 0 Å². The van der Waals surface area contributed by atoms with Gasteiger partial charge in [0, 0.05) is 0 Å². The quantitative estimate of drug-likeness (QED) is 0.0794. The number of fused-ring (bicyclic) bond motifs is 2. The molecule has 0 atom stereocenters. The van der Waals surface area contributed by atoms with E-state index in [4.69, 9.17) is 18.9 Å². The van der Waals surface area contributed by atoms with Crippen molar-refractivity contribution in [3.05, 3.63) is 106 Å². The Labute approximate surface area is 317 Å². The van der Waals surface area contributed by atoms with Gasteiger partial charge in [0.25, 0.3) is 0 Å². The van der Waals surface area contributed by atoms with Crippen molar-refractivity contribution in [2.24, 2.45) is 0 Å². The maximum Gasteiger partial charge on any atom is 0.339 e. The number of carbonyl (C=O) groups is 4. The number of benzene rings is 5. The minimum atomic E-state index is -0.619. The standard InChI is InChI=1S/C46H50O8/c1-11-51-41(47)33-19-15-27(23-37(33)43(49)53-13-3)39-31-21-17-30(46(8,9)10)26-36(31)40(32-22-18-29(25-35(32)39)45(5,6)7)28-16-20-34(42(48)52-12-2)38(24-28)44(50)54-14-4/h15-26H,11-14H2,1-10H3. The van der Waals surface area contributed by atoms with Crippen LogP contribution in [0, 0.1) is 0 Å². The Bertz CT molecular complexity index is 2110. The predicted octanol–water partition coefficient (Wildman–Crippen LogP) is 10.6. The van der Waals surface area contributed by atoms with Gasteiger partial charge in [-0.2, -0.15) is 0 Å². The van der Waals surface area contributed by atoms with Gasteiger partial charge >= 0.3 is 23.9 Å². The molecule has 5 rings (SSSR count). The topological polar surface area (TPSA) is 105 Å². The smallest absolute Gasteiger partial charge is 0.339 e. The largest absolute Gasteiger partial charge is 0.462 e. The van der Waals surface area contributed by atoms with Crippen LogP contribution in [0.1, 0.15) is 122 Å². The first kappa shape index (κ1) is 39.7. The second kappa shape index (κ2) is 15.8. The van der Waals surface area contributed by atoms with Crippen LogP contribution in [0.25, 0.3) is 43.8 Å². The van der Waals surface area contributed by atoms with Crippen LogP contribution in [-0.2, 0) is 29.8 Å². The molecule has 0 fully saturated rings. The van der Waals surface area contributed by atoms with E-state index in [1.54, 1.807) is 52.0 Å². The van der Waals surface area contributed by atoms with Gasteiger partial charge in [-0.05, 0) is 130 Å². The van der Waals surface area contributed by atoms with Crippen LogP contribution in [0.3, 0.4) is 0 Å². The molecule has 0 aliphatic rings. The molecule has 54 heavy (non-hydrogen) atoms. The molecule has 8 heteroatoms. The average Bonchev–Trinajstić information content (AvgIpc) is 3.12. The summed E-state index contributed by atoms with van der Waals surface area (Å²) in [6, 6.07) is 23.1. The van der Waals surface area contributed by atoms with Gasteiger partial charge in [0.15, 0.2) is 0 Å². The van der Waals surface area contributed by atoms with E-state index in [0.29, 0.717) is 11.1 Å². The number of esters is 4. The molecule has 0 heterocycles. The van der Waals surface area contributed by atoms with Crippen molar-refractivity contribution >= 4 is 45.4 Å². The van der Waals surface area contributed by atoms with E-state index in [9.17, 15) is 19.2 Å². The van der Waals surface area contributed by atoms with E-state index in [2.05, 4.69) is 77.9 Å². The van der Waals surface area contributed by atoms with Gasteiger partial charge in [0.2, 0.25) is 0 Å². The minimum Gasteiger partial charge on any atom is -0.462 e. The summed E-state index contributed by atoms with van der Waals surface area (Å²) in [5, 5.41) is 3.59. The highest BCUT2D eigenvalue weighted by Gasteiger charge is 2.27. The summed E-state index contributed by atoms with van der Waals surface area (Å²) >= 11 is 0. The maximum atomic E-state index is 13.4. The summed E-state index contributed by atoms with van der Waals surface area (Å²) in [4.78, 5) is 53.0. The van der Waals surface area contributed by atoms with Crippen LogP contribution in [0.5, 0.6) is 0 Å². The summed E-state index contributed by atoms with van der Waals surface area (Å²) in [5.41, 5.74) is 5.41. The minimum absolute atomic E-state index is 0.116. The van der Waals surface area contributed by atoms with Crippen LogP contribution >= 0.6 is 0 Å². The molecule has 0 saturated carbocycles. The summed E-state index contributed by atoms with van der Waals surface area (Å²) in [7, 11) is 0. The zero-order chi connectivity index (χ0) is 39.5. The Hall–Kier alpha value is -5.50. The Morgan fingerprint density at radius 3 is 1.02 bits per heavy atom. The van der Waals surface area contributed by atoms with E-state index in [1.807, 2.05) is 12.1 Å². The highest BCUT2D eigenvalue weighted by molar-refractivity contribution is 6.22. The molecule has 0 aromatic heterocycles. The number of rotatable bonds is 10. The van der Waals surface area contributed by atoms with Crippen LogP contribution in [0.2, 0.25) is 0 Å². The number of hydrogen-bond acceptors (Lipinski definition) is 8. The highest BCUT2D eigenvalue weighted by atomic mass is 16.5. The van der Waals surface area contributed by atoms with Crippen LogP contribution in [0.4, 0.5) is 0 Å². The van der Waals surface area contributed by atoms with Gasteiger partial charge in [0.05, 0.1) is 48.7 Å². The molecule has 0 amide bonds. The summed E-state index contributed by atoms with van der Waals surface area (Å²) in [6.45, 7) is 20.4. The van der Waals surface area contributed by atoms with Crippen molar-refractivity contribution in [1.29, 1.82) is 0 Å². The summed E-state index contributed by atoms with van der Waals surface area (Å²) in [6.07, 6.45) is 0. The van der Waals surface area contributed by atoms with Crippen molar-refractivity contribution in [1.82, 2.24) is 0 Å². The Balaban J connectivity index is 1.99. The lowest BCUT2D eigenvalue weighted by molar-refractivity contribution is 0.0479. The third kappa shape index (κ3) is 7.88. The van der Waals surface area contributed by atoms with E-state index >= 15 is 0 Å². The molecule has 0 unspecified atom stereocenters. The molecule has 5 aromatic rings. The van der Waals surface area contributed by atoms with Gasteiger partial charge in [0.1, 0.15) is 0 Å². The van der Waals surface area contributed by atoms with Crippen LogP contribution in [-0.4, -0.2) is 50.3 Å². The highest BCUT2D eigenvalue weighted by Crippen LogP contribution is 2.46. The molecule has 0 aliphatic heterocycles. The van der Waals surface area contributed by atoms with E-state index in [0.717, 1.165) is 43.8 Å². The van der Waals surface area contributed by atoms with Crippen molar-refractivity contribution < 1.29 is 38.1 Å². The fourth-order valence-electron chi connectivity index (χ4n) is 6.71. The van der Waals surface area contributed by atoms with E-state index in [-0.39, 0.29) is 59.5 Å². The molecule has 0 bridgehead atoms. The van der Waals surface area contributed by atoms with Gasteiger partial charge < -0.3 is 18.9 Å². The zero-order valence-corrected chi connectivity index (χ0v) is 33.0. The second-order valence-electron chi connectivity index (χ2n) is 15.2.